The summed E-state index contributed by atoms with van der Waals surface area (Å²) in [7, 11) is 1.59. The van der Waals surface area contributed by atoms with Gasteiger partial charge in [0.1, 0.15) is 12.3 Å². The number of hydrogen-bond acceptors (Lipinski definition) is 3. The minimum absolute atomic E-state index is 0.0592. The second-order valence-electron chi connectivity index (χ2n) is 4.76. The van der Waals surface area contributed by atoms with E-state index in [0.717, 1.165) is 31.4 Å². The first-order valence-electron chi connectivity index (χ1n) is 6.58. The van der Waals surface area contributed by atoms with Gasteiger partial charge in [-0.05, 0) is 37.1 Å². The average molecular weight is 258 g/mol. The summed E-state index contributed by atoms with van der Waals surface area (Å²) in [6.07, 6.45) is 4.29. The van der Waals surface area contributed by atoms with Crippen LogP contribution in [-0.4, -0.2) is 30.5 Å². The number of methoxy groups -OCH3 is 1. The van der Waals surface area contributed by atoms with Crippen molar-refractivity contribution in [2.24, 2.45) is 0 Å². The molecule has 0 bridgehead atoms. The van der Waals surface area contributed by atoms with Crippen LogP contribution in [-0.2, 0) is 0 Å². The lowest BCUT2D eigenvalue weighted by molar-refractivity contribution is 0.0709. The van der Waals surface area contributed by atoms with E-state index in [1.165, 1.54) is 0 Å². The van der Waals surface area contributed by atoms with Gasteiger partial charge in [0.25, 0.3) is 5.91 Å². The molecule has 1 amide bonds. The van der Waals surface area contributed by atoms with E-state index in [-0.39, 0.29) is 18.5 Å². The van der Waals surface area contributed by atoms with Crippen LogP contribution in [0.3, 0.4) is 0 Å². The Kier molecular flexibility index (Phi) is 4.40. The van der Waals surface area contributed by atoms with Crippen LogP contribution in [0.2, 0.25) is 0 Å². The van der Waals surface area contributed by atoms with Crippen molar-refractivity contribution < 1.29 is 9.53 Å². The summed E-state index contributed by atoms with van der Waals surface area (Å²) in [6.45, 7) is 0.162. The van der Waals surface area contributed by atoms with E-state index >= 15 is 0 Å². The molecular formula is C15H18N2O2. The second kappa shape index (κ2) is 6.24. The third kappa shape index (κ3) is 3.05. The van der Waals surface area contributed by atoms with Crippen molar-refractivity contribution in [1.82, 2.24) is 4.90 Å². The molecule has 4 nitrogen and oxygen atoms in total. The molecule has 0 atom stereocenters. The lowest BCUT2D eigenvalue weighted by Crippen LogP contribution is -2.39. The van der Waals surface area contributed by atoms with Crippen LogP contribution in [0.5, 0.6) is 5.75 Å². The third-order valence-electron chi connectivity index (χ3n) is 3.60. The third-order valence-corrected chi connectivity index (χ3v) is 3.60. The Morgan fingerprint density at radius 3 is 2.53 bits per heavy atom. The van der Waals surface area contributed by atoms with Crippen molar-refractivity contribution in [2.45, 2.75) is 31.7 Å². The number of benzene rings is 1. The Labute approximate surface area is 113 Å². The highest BCUT2D eigenvalue weighted by atomic mass is 16.5. The van der Waals surface area contributed by atoms with Gasteiger partial charge in [0, 0.05) is 11.6 Å². The summed E-state index contributed by atoms with van der Waals surface area (Å²) in [4.78, 5) is 14.2. The number of amides is 1. The molecule has 0 radical (unpaired) electrons. The highest BCUT2D eigenvalue weighted by Crippen LogP contribution is 2.25. The summed E-state index contributed by atoms with van der Waals surface area (Å²) in [5.74, 6) is 0.667. The average Bonchev–Trinajstić information content (AvgIpc) is 2.98. The van der Waals surface area contributed by atoms with E-state index < -0.39 is 0 Å². The van der Waals surface area contributed by atoms with Crippen molar-refractivity contribution in [3.05, 3.63) is 29.8 Å². The molecule has 0 aromatic heterocycles. The minimum Gasteiger partial charge on any atom is -0.497 e. The van der Waals surface area contributed by atoms with Crippen LogP contribution in [0.1, 0.15) is 36.0 Å². The summed E-state index contributed by atoms with van der Waals surface area (Å²) in [6, 6.07) is 9.36. The molecule has 0 aliphatic heterocycles. The number of nitrogens with zero attached hydrogens (tertiary/aromatic N) is 2. The molecule has 1 fully saturated rings. The van der Waals surface area contributed by atoms with Crippen molar-refractivity contribution >= 4 is 5.91 Å². The van der Waals surface area contributed by atoms with Crippen LogP contribution in [0, 0.1) is 11.3 Å². The monoisotopic (exact) mass is 258 g/mol. The smallest absolute Gasteiger partial charge is 0.254 e. The maximum absolute atomic E-state index is 12.5. The lowest BCUT2D eigenvalue weighted by atomic mass is 10.1. The zero-order valence-corrected chi connectivity index (χ0v) is 11.1. The highest BCUT2D eigenvalue weighted by Gasteiger charge is 2.27. The zero-order valence-electron chi connectivity index (χ0n) is 11.1. The number of carbonyl (C=O) groups is 1. The van der Waals surface area contributed by atoms with Gasteiger partial charge in [-0.15, -0.1) is 0 Å². The first-order valence-corrected chi connectivity index (χ1v) is 6.58. The minimum atomic E-state index is -0.0592. The van der Waals surface area contributed by atoms with Gasteiger partial charge in [-0.25, -0.2) is 0 Å². The van der Waals surface area contributed by atoms with Crippen LogP contribution < -0.4 is 4.74 Å². The molecule has 100 valence electrons. The summed E-state index contributed by atoms with van der Waals surface area (Å²) < 4.78 is 5.08. The molecule has 0 N–H and O–H groups in total. The molecule has 1 aromatic rings. The van der Waals surface area contributed by atoms with Crippen LogP contribution in [0.25, 0.3) is 0 Å². The highest BCUT2D eigenvalue weighted by molar-refractivity contribution is 5.94. The SMILES string of the molecule is COc1ccc(C(=O)N(CC#N)C2CCCC2)cc1. The molecule has 4 heteroatoms. The first kappa shape index (κ1) is 13.4. The number of rotatable bonds is 4. The Hall–Kier alpha value is -2.02. The number of ether oxygens (including phenoxy) is 1. The van der Waals surface area contributed by atoms with E-state index in [1.54, 1.807) is 36.3 Å². The predicted octanol–water partition coefficient (Wildman–Crippen LogP) is 2.60. The fourth-order valence-electron chi connectivity index (χ4n) is 2.56. The second-order valence-corrected chi connectivity index (χ2v) is 4.76. The first-order chi connectivity index (χ1) is 9.26. The molecule has 1 aliphatic rings. The van der Waals surface area contributed by atoms with E-state index in [0.29, 0.717) is 5.56 Å². The molecule has 1 aliphatic carbocycles. The number of carbonyl (C=O) groups excluding carboxylic acids is 1. The van der Waals surface area contributed by atoms with Crippen molar-refractivity contribution in [3.8, 4) is 11.8 Å². The number of hydrogen-bond donors (Lipinski definition) is 0. The van der Waals surface area contributed by atoms with Crippen LogP contribution in [0.15, 0.2) is 24.3 Å². The molecule has 0 unspecified atom stereocenters. The molecule has 0 saturated heterocycles. The fourth-order valence-corrected chi connectivity index (χ4v) is 2.56. The van der Waals surface area contributed by atoms with Gasteiger partial charge >= 0.3 is 0 Å². The summed E-state index contributed by atoms with van der Waals surface area (Å²) in [5, 5.41) is 8.91. The predicted molar refractivity (Wildman–Crippen MR) is 71.9 cm³/mol. The zero-order chi connectivity index (χ0) is 13.7. The van der Waals surface area contributed by atoms with Gasteiger partial charge in [0.05, 0.1) is 13.2 Å². The standard InChI is InChI=1S/C15H18N2O2/c1-19-14-8-6-12(7-9-14)15(18)17(11-10-16)13-4-2-3-5-13/h6-9,13H,2-5,11H2,1H3. The Morgan fingerprint density at radius 1 is 1.37 bits per heavy atom. The Morgan fingerprint density at radius 2 is 2.00 bits per heavy atom. The Bertz CT molecular complexity index is 470. The maximum atomic E-state index is 12.5. The quantitative estimate of drug-likeness (QED) is 0.780. The van der Waals surface area contributed by atoms with Crippen molar-refractivity contribution in [2.75, 3.05) is 13.7 Å². The largest absolute Gasteiger partial charge is 0.497 e. The molecule has 1 aromatic carbocycles. The van der Waals surface area contributed by atoms with E-state index in [2.05, 4.69) is 6.07 Å². The summed E-state index contributed by atoms with van der Waals surface area (Å²) in [5.41, 5.74) is 0.614. The Balaban J connectivity index is 2.15. The molecule has 1 saturated carbocycles. The lowest BCUT2D eigenvalue weighted by Gasteiger charge is -2.26. The van der Waals surface area contributed by atoms with Gasteiger partial charge in [0.15, 0.2) is 0 Å². The maximum Gasteiger partial charge on any atom is 0.254 e. The summed E-state index contributed by atoms with van der Waals surface area (Å²) >= 11 is 0. The molecule has 0 spiro atoms. The fraction of sp³-hybridized carbons (Fsp3) is 0.467. The van der Waals surface area contributed by atoms with Gasteiger partial charge in [-0.3, -0.25) is 4.79 Å². The van der Waals surface area contributed by atoms with Gasteiger partial charge < -0.3 is 9.64 Å². The van der Waals surface area contributed by atoms with Crippen molar-refractivity contribution in [3.63, 3.8) is 0 Å². The normalized spacial score (nSPS) is 14.9. The van der Waals surface area contributed by atoms with E-state index in [4.69, 9.17) is 10.00 Å². The van der Waals surface area contributed by atoms with E-state index in [9.17, 15) is 4.79 Å². The van der Waals surface area contributed by atoms with Gasteiger partial charge in [-0.2, -0.15) is 5.26 Å². The van der Waals surface area contributed by atoms with Gasteiger partial charge in [0.2, 0.25) is 0 Å². The topological polar surface area (TPSA) is 53.3 Å². The van der Waals surface area contributed by atoms with Gasteiger partial charge in [-0.1, -0.05) is 12.8 Å². The molecule has 0 heterocycles. The van der Waals surface area contributed by atoms with Crippen molar-refractivity contribution in [1.29, 1.82) is 5.26 Å². The van der Waals surface area contributed by atoms with E-state index in [1.807, 2.05) is 0 Å². The molecular weight excluding hydrogens is 240 g/mol. The molecule has 2 rings (SSSR count). The van der Waals surface area contributed by atoms with Crippen LogP contribution >= 0.6 is 0 Å². The number of nitriles is 1. The molecule has 19 heavy (non-hydrogen) atoms. The van der Waals surface area contributed by atoms with Crippen LogP contribution in [0.4, 0.5) is 0 Å².